The molecule has 6 rings (SSSR count). The van der Waals surface area contributed by atoms with Crippen LogP contribution < -0.4 is 10.1 Å². The maximum absolute atomic E-state index is 14.9. The standard InChI is InChI=1S/C52H75NO13/c1-30(2)6-15-40(57)26-37-10-7-31(3)22-36(37)14-17-46(59)64-49-47(60)48-43(53-28-32(4)56)18-20-52(62,66-48)50(49)65-51(61)39(23-34-9-16-44(58)45(25-34)63-5)27-42-38(29-55)13-12-35-11-8-33(19-21-54)24-41(35)42/h8-9,11,16,18,20,23-25,30-32,36-38,40,42-43,47-50,53-58,60,62H,6-7,10,12-15,17,19,21-22,26-29H2,1-5H3. The first-order chi connectivity index (χ1) is 31.5. The molecule has 66 heavy (non-hydrogen) atoms. The lowest BCUT2D eigenvalue weighted by molar-refractivity contribution is -0.333. The van der Waals surface area contributed by atoms with E-state index < -0.39 is 60.4 Å². The molecule has 0 aromatic heterocycles. The largest absolute Gasteiger partial charge is 0.504 e. The Balaban J connectivity index is 1.31. The van der Waals surface area contributed by atoms with Gasteiger partial charge in [0.1, 0.15) is 12.2 Å². The fourth-order valence-corrected chi connectivity index (χ4v) is 10.6. The number of carbonyl (C=O) groups excluding carboxylic acids is 2. The van der Waals surface area contributed by atoms with Crippen molar-refractivity contribution in [2.75, 3.05) is 26.9 Å². The van der Waals surface area contributed by atoms with Gasteiger partial charge in [0.25, 0.3) is 0 Å². The number of fused-ring (bicyclic) bond motifs is 3. The van der Waals surface area contributed by atoms with Gasteiger partial charge >= 0.3 is 11.9 Å². The normalized spacial score (nSPS) is 30.6. The lowest BCUT2D eigenvalue weighted by Crippen LogP contribution is -2.71. The molecule has 8 N–H and O–H groups in total. The second kappa shape index (κ2) is 23.4. The van der Waals surface area contributed by atoms with Crippen molar-refractivity contribution in [1.29, 1.82) is 0 Å². The SMILES string of the molecule is COc1cc(C=C(CC2c3cc(CCO)ccc3CCC2CO)C(=O)OC2C(OC(=O)CCC3CC(C)CCC3CC(O)CCC(C)C)C(O)C3OC2(O)C=CC3NCC(C)O)ccc1O. The van der Waals surface area contributed by atoms with Gasteiger partial charge < -0.3 is 60.0 Å². The van der Waals surface area contributed by atoms with E-state index in [-0.39, 0.29) is 73.3 Å². The molecule has 366 valence electrons. The smallest absolute Gasteiger partial charge is 0.334 e. The van der Waals surface area contributed by atoms with E-state index in [0.717, 1.165) is 48.8 Å². The topological polar surface area (TPSA) is 225 Å². The van der Waals surface area contributed by atoms with Gasteiger partial charge in [-0.05, 0) is 153 Å². The number of carbonyl (C=O) groups is 2. The van der Waals surface area contributed by atoms with Crippen molar-refractivity contribution in [2.24, 2.45) is 29.6 Å². The number of aliphatic hydroxyl groups excluding tert-OH is 5. The second-order valence-electron chi connectivity index (χ2n) is 20.0. The van der Waals surface area contributed by atoms with Crippen LogP contribution in [0.5, 0.6) is 11.5 Å². The summed E-state index contributed by atoms with van der Waals surface area (Å²) < 4.78 is 23.8. The van der Waals surface area contributed by atoms with Gasteiger partial charge in [-0.1, -0.05) is 57.5 Å². The molecule has 1 saturated carbocycles. The van der Waals surface area contributed by atoms with Crippen molar-refractivity contribution in [2.45, 2.75) is 159 Å². The highest BCUT2D eigenvalue weighted by atomic mass is 16.7. The van der Waals surface area contributed by atoms with Crippen molar-refractivity contribution < 1.29 is 64.3 Å². The Bertz CT molecular complexity index is 1980. The number of benzene rings is 2. The zero-order valence-electron chi connectivity index (χ0n) is 39.4. The molecule has 1 saturated heterocycles. The summed E-state index contributed by atoms with van der Waals surface area (Å²) in [5.74, 6) is -3.08. The number of aromatic hydroxyl groups is 1. The summed E-state index contributed by atoms with van der Waals surface area (Å²) in [5, 5.41) is 79.2. The summed E-state index contributed by atoms with van der Waals surface area (Å²) in [5.41, 5.74) is 3.51. The van der Waals surface area contributed by atoms with E-state index >= 15 is 0 Å². The predicted octanol–water partition coefficient (Wildman–Crippen LogP) is 5.25. The summed E-state index contributed by atoms with van der Waals surface area (Å²) >= 11 is 0. The van der Waals surface area contributed by atoms with Crippen molar-refractivity contribution in [1.82, 2.24) is 5.32 Å². The average Bonchev–Trinajstić information content (AvgIpc) is 3.28. The first-order valence-corrected chi connectivity index (χ1v) is 24.2. The highest BCUT2D eigenvalue weighted by Gasteiger charge is 2.60. The Kier molecular flexibility index (Phi) is 18.3. The number of phenolic OH excluding ortho intramolecular Hbond substituents is 1. The van der Waals surface area contributed by atoms with E-state index in [0.29, 0.717) is 49.5 Å². The number of aliphatic hydroxyl groups is 6. The third kappa shape index (κ3) is 13.0. The highest BCUT2D eigenvalue weighted by molar-refractivity contribution is 5.94. The molecule has 2 aromatic carbocycles. The number of esters is 2. The van der Waals surface area contributed by atoms with E-state index in [1.54, 1.807) is 31.2 Å². The van der Waals surface area contributed by atoms with Gasteiger partial charge in [0.2, 0.25) is 5.79 Å². The highest BCUT2D eigenvalue weighted by Crippen LogP contribution is 2.44. The Morgan fingerprint density at radius 1 is 1.00 bits per heavy atom. The lowest BCUT2D eigenvalue weighted by Gasteiger charge is -2.51. The van der Waals surface area contributed by atoms with E-state index in [2.05, 4.69) is 26.1 Å². The van der Waals surface area contributed by atoms with Crippen LogP contribution in [0.25, 0.3) is 6.08 Å². The summed E-state index contributed by atoms with van der Waals surface area (Å²) in [4.78, 5) is 28.9. The molecule has 0 spiro atoms. The molecule has 2 heterocycles. The molecule has 14 heteroatoms. The molecule has 0 amide bonds. The minimum atomic E-state index is -2.35. The van der Waals surface area contributed by atoms with Gasteiger partial charge in [-0.15, -0.1) is 0 Å². The van der Waals surface area contributed by atoms with Crippen molar-refractivity contribution in [3.8, 4) is 11.5 Å². The lowest BCUT2D eigenvalue weighted by atomic mass is 9.70. The number of aryl methyl sites for hydroxylation is 1. The minimum Gasteiger partial charge on any atom is -0.504 e. The van der Waals surface area contributed by atoms with Gasteiger partial charge in [-0.25, -0.2) is 4.79 Å². The summed E-state index contributed by atoms with van der Waals surface area (Å²) in [6, 6.07) is 9.89. The monoisotopic (exact) mass is 922 g/mol. The van der Waals surface area contributed by atoms with Gasteiger partial charge in [-0.2, -0.15) is 0 Å². The Hall–Kier alpha value is -3.86. The maximum atomic E-state index is 14.9. The molecule has 2 aliphatic carbocycles. The third-order valence-corrected chi connectivity index (χ3v) is 14.4. The Morgan fingerprint density at radius 2 is 1.79 bits per heavy atom. The van der Waals surface area contributed by atoms with Crippen LogP contribution in [0.2, 0.25) is 0 Å². The summed E-state index contributed by atoms with van der Waals surface area (Å²) in [6.07, 6.45) is 4.84. The molecule has 2 bridgehead atoms. The van der Waals surface area contributed by atoms with Crippen molar-refractivity contribution >= 4 is 18.0 Å². The van der Waals surface area contributed by atoms with Crippen LogP contribution in [-0.4, -0.2) is 123 Å². The summed E-state index contributed by atoms with van der Waals surface area (Å²) in [7, 11) is 1.41. The van der Waals surface area contributed by atoms with E-state index in [9.17, 15) is 45.3 Å². The maximum Gasteiger partial charge on any atom is 0.334 e. The molecule has 4 aliphatic rings. The first-order valence-electron chi connectivity index (χ1n) is 24.2. The van der Waals surface area contributed by atoms with Crippen molar-refractivity contribution in [3.05, 3.63) is 76.4 Å². The van der Waals surface area contributed by atoms with Crippen molar-refractivity contribution in [3.63, 3.8) is 0 Å². The van der Waals surface area contributed by atoms with Crippen LogP contribution in [0.1, 0.15) is 120 Å². The number of hydrogen-bond acceptors (Lipinski definition) is 14. The summed E-state index contributed by atoms with van der Waals surface area (Å²) in [6.45, 7) is 8.02. The molecular formula is C52H75NO13. The van der Waals surface area contributed by atoms with E-state index in [1.165, 1.54) is 19.3 Å². The zero-order chi connectivity index (χ0) is 47.7. The van der Waals surface area contributed by atoms with Gasteiger partial charge in [0.15, 0.2) is 23.7 Å². The number of ether oxygens (including phenoxy) is 4. The van der Waals surface area contributed by atoms with Crippen LogP contribution in [0.4, 0.5) is 0 Å². The molecular weight excluding hydrogens is 847 g/mol. The molecule has 2 aliphatic heterocycles. The fourth-order valence-electron chi connectivity index (χ4n) is 10.6. The molecule has 13 unspecified atom stereocenters. The van der Waals surface area contributed by atoms with Gasteiger partial charge in [-0.3, -0.25) is 4.79 Å². The van der Waals surface area contributed by atoms with E-state index in [1.807, 2.05) is 18.2 Å². The fraction of sp³-hybridized carbons (Fsp3) is 0.654. The number of phenols is 1. The Morgan fingerprint density at radius 3 is 2.50 bits per heavy atom. The predicted molar refractivity (Wildman–Crippen MR) is 248 cm³/mol. The molecule has 13 atom stereocenters. The van der Waals surface area contributed by atoms with E-state index in [4.69, 9.17) is 18.9 Å². The first kappa shape index (κ1) is 51.5. The molecule has 0 radical (unpaired) electrons. The second-order valence-corrected chi connectivity index (χ2v) is 20.0. The van der Waals surface area contributed by atoms with Gasteiger partial charge in [0.05, 0.1) is 25.4 Å². The quantitative estimate of drug-likeness (QED) is 0.0455. The van der Waals surface area contributed by atoms with Crippen LogP contribution in [0, 0.1) is 29.6 Å². The Labute approximate surface area is 390 Å². The zero-order valence-corrected chi connectivity index (χ0v) is 39.4. The molecule has 14 nitrogen and oxygen atoms in total. The van der Waals surface area contributed by atoms with Crippen LogP contribution >= 0.6 is 0 Å². The minimum absolute atomic E-state index is 0.000888. The number of hydrogen-bond donors (Lipinski definition) is 8. The average molecular weight is 922 g/mol. The number of methoxy groups -OCH3 is 1. The molecule has 2 aromatic rings. The third-order valence-electron chi connectivity index (χ3n) is 14.4. The van der Waals surface area contributed by atoms with Gasteiger partial charge in [0, 0.05) is 31.8 Å². The molecule has 2 fully saturated rings. The van der Waals surface area contributed by atoms with Crippen LogP contribution in [0.15, 0.2) is 54.1 Å². The number of nitrogens with one attached hydrogen (secondary N) is 1. The van der Waals surface area contributed by atoms with Crippen LogP contribution in [0.3, 0.4) is 0 Å². The van der Waals surface area contributed by atoms with Crippen LogP contribution in [-0.2, 0) is 36.6 Å². The number of rotatable bonds is 21.